The zero-order valence-corrected chi connectivity index (χ0v) is 11.7. The van der Waals surface area contributed by atoms with Gasteiger partial charge in [-0.15, -0.1) is 0 Å². The number of methoxy groups -OCH3 is 1. The molecule has 1 amide bonds. The highest BCUT2D eigenvalue weighted by atomic mass is 16.5. The third kappa shape index (κ3) is 4.55. The zero-order chi connectivity index (χ0) is 15.0. The summed E-state index contributed by atoms with van der Waals surface area (Å²) in [5.41, 5.74) is 6.44. The number of hydrogen-bond acceptors (Lipinski definition) is 5. The van der Waals surface area contributed by atoms with Crippen LogP contribution < -0.4 is 15.8 Å². The molecule has 0 spiro atoms. The highest BCUT2D eigenvalue weighted by molar-refractivity contribution is 6.01. The van der Waals surface area contributed by atoms with Crippen LogP contribution in [0.5, 0.6) is 5.75 Å². The number of esters is 1. The maximum absolute atomic E-state index is 11.6. The molecule has 6 nitrogen and oxygen atoms in total. The number of amides is 1. The third-order valence-corrected chi connectivity index (χ3v) is 2.71. The number of carbonyl (C=O) groups excluding carboxylic acids is 2. The Morgan fingerprint density at radius 3 is 2.70 bits per heavy atom. The van der Waals surface area contributed by atoms with Crippen molar-refractivity contribution >= 4 is 11.9 Å². The van der Waals surface area contributed by atoms with Gasteiger partial charge in [0.2, 0.25) is 5.91 Å². The number of nitrogens with two attached hydrogens (primary N) is 1. The molecule has 0 radical (unpaired) electrons. The van der Waals surface area contributed by atoms with E-state index in [1.54, 1.807) is 14.0 Å². The van der Waals surface area contributed by atoms with Crippen molar-refractivity contribution in [2.24, 2.45) is 5.73 Å². The van der Waals surface area contributed by atoms with Crippen LogP contribution in [0.3, 0.4) is 0 Å². The molecular formula is C14H20N2O4. The first-order valence-electron chi connectivity index (χ1n) is 6.42. The molecule has 1 aromatic carbocycles. The minimum absolute atomic E-state index is 0.195. The second-order valence-corrected chi connectivity index (χ2v) is 4.08. The zero-order valence-electron chi connectivity index (χ0n) is 11.7. The molecule has 0 aliphatic heterocycles. The summed E-state index contributed by atoms with van der Waals surface area (Å²) in [7, 11) is 1.59. The SMILES string of the molecule is CCOC(=O)C(N)C(=O)NCCc1ccccc1OC. The molecule has 3 N–H and O–H groups in total. The fourth-order valence-electron chi connectivity index (χ4n) is 1.68. The lowest BCUT2D eigenvalue weighted by atomic mass is 10.1. The van der Waals surface area contributed by atoms with Gasteiger partial charge in [-0.05, 0) is 25.0 Å². The molecule has 1 aromatic rings. The number of hydrogen-bond donors (Lipinski definition) is 2. The predicted molar refractivity (Wildman–Crippen MR) is 74.3 cm³/mol. The van der Waals surface area contributed by atoms with Crippen molar-refractivity contribution in [1.29, 1.82) is 0 Å². The van der Waals surface area contributed by atoms with Gasteiger partial charge in [0, 0.05) is 6.54 Å². The van der Waals surface area contributed by atoms with Crippen molar-refractivity contribution in [2.75, 3.05) is 20.3 Å². The second-order valence-electron chi connectivity index (χ2n) is 4.08. The van der Waals surface area contributed by atoms with Crippen LogP contribution >= 0.6 is 0 Å². The first-order valence-corrected chi connectivity index (χ1v) is 6.42. The Bertz CT molecular complexity index is 462. The highest BCUT2D eigenvalue weighted by Crippen LogP contribution is 2.17. The number of rotatable bonds is 7. The van der Waals surface area contributed by atoms with Crippen molar-refractivity contribution in [3.8, 4) is 5.75 Å². The van der Waals surface area contributed by atoms with E-state index in [1.807, 2.05) is 24.3 Å². The van der Waals surface area contributed by atoms with E-state index in [9.17, 15) is 9.59 Å². The lowest BCUT2D eigenvalue weighted by Gasteiger charge is -2.12. The molecular weight excluding hydrogens is 260 g/mol. The number of carbonyl (C=O) groups is 2. The van der Waals surface area contributed by atoms with E-state index in [2.05, 4.69) is 10.1 Å². The van der Waals surface area contributed by atoms with Crippen LogP contribution in [0.25, 0.3) is 0 Å². The Morgan fingerprint density at radius 1 is 1.35 bits per heavy atom. The van der Waals surface area contributed by atoms with Crippen molar-refractivity contribution in [1.82, 2.24) is 5.32 Å². The van der Waals surface area contributed by atoms with Gasteiger partial charge in [-0.3, -0.25) is 4.79 Å². The monoisotopic (exact) mass is 280 g/mol. The van der Waals surface area contributed by atoms with Crippen LogP contribution in [0.4, 0.5) is 0 Å². The average Bonchev–Trinajstić information content (AvgIpc) is 2.47. The van der Waals surface area contributed by atoms with E-state index in [4.69, 9.17) is 10.5 Å². The number of benzene rings is 1. The summed E-state index contributed by atoms with van der Waals surface area (Å²) in [6, 6.07) is 6.24. The lowest BCUT2D eigenvalue weighted by molar-refractivity contribution is -0.147. The predicted octanol–water partition coefficient (Wildman–Crippen LogP) is 0.244. The molecule has 0 bridgehead atoms. The second kappa shape index (κ2) is 8.16. The average molecular weight is 280 g/mol. The quantitative estimate of drug-likeness (QED) is 0.551. The van der Waals surface area contributed by atoms with E-state index in [1.165, 1.54) is 0 Å². The summed E-state index contributed by atoms with van der Waals surface area (Å²) in [5, 5.41) is 2.60. The fourth-order valence-corrected chi connectivity index (χ4v) is 1.68. The molecule has 0 fully saturated rings. The smallest absolute Gasteiger partial charge is 0.332 e. The molecule has 0 aliphatic carbocycles. The summed E-state index contributed by atoms with van der Waals surface area (Å²) >= 11 is 0. The number of para-hydroxylation sites is 1. The maximum atomic E-state index is 11.6. The first-order chi connectivity index (χ1) is 9.60. The summed E-state index contributed by atoms with van der Waals surface area (Å²) in [6.07, 6.45) is 0.589. The van der Waals surface area contributed by atoms with Gasteiger partial charge in [0.15, 0.2) is 6.04 Å². The molecule has 0 saturated carbocycles. The molecule has 110 valence electrons. The molecule has 0 heterocycles. The minimum Gasteiger partial charge on any atom is -0.496 e. The number of nitrogens with one attached hydrogen (secondary N) is 1. The van der Waals surface area contributed by atoms with E-state index in [0.29, 0.717) is 13.0 Å². The standard InChI is InChI=1S/C14H20N2O4/c1-3-20-14(18)12(15)13(17)16-9-8-10-6-4-5-7-11(10)19-2/h4-7,12H,3,8-9,15H2,1-2H3,(H,16,17). The Balaban J connectivity index is 2.44. The normalized spacial score (nSPS) is 11.6. The van der Waals surface area contributed by atoms with Crippen molar-refractivity contribution in [2.45, 2.75) is 19.4 Å². The van der Waals surface area contributed by atoms with Crippen LogP contribution in [0.2, 0.25) is 0 Å². The third-order valence-electron chi connectivity index (χ3n) is 2.71. The van der Waals surface area contributed by atoms with Gasteiger partial charge in [0.05, 0.1) is 13.7 Å². The van der Waals surface area contributed by atoms with Crippen LogP contribution in [0, 0.1) is 0 Å². The van der Waals surface area contributed by atoms with Crippen LogP contribution in [-0.2, 0) is 20.7 Å². The topological polar surface area (TPSA) is 90.7 Å². The van der Waals surface area contributed by atoms with Crippen LogP contribution in [0.1, 0.15) is 12.5 Å². The van der Waals surface area contributed by atoms with Crippen LogP contribution in [0.15, 0.2) is 24.3 Å². The molecule has 0 aromatic heterocycles. The number of ether oxygens (including phenoxy) is 2. The van der Waals surface area contributed by atoms with Crippen molar-refractivity contribution in [3.63, 3.8) is 0 Å². The lowest BCUT2D eigenvalue weighted by Crippen LogP contribution is -2.47. The highest BCUT2D eigenvalue weighted by Gasteiger charge is 2.22. The molecule has 1 unspecified atom stereocenters. The molecule has 20 heavy (non-hydrogen) atoms. The van der Waals surface area contributed by atoms with Gasteiger partial charge in [0.25, 0.3) is 0 Å². The molecule has 0 saturated heterocycles. The largest absolute Gasteiger partial charge is 0.496 e. The van der Waals surface area contributed by atoms with Gasteiger partial charge in [-0.2, -0.15) is 0 Å². The van der Waals surface area contributed by atoms with Crippen LogP contribution in [-0.4, -0.2) is 38.2 Å². The fraction of sp³-hybridized carbons (Fsp3) is 0.429. The first kappa shape index (κ1) is 16.0. The van der Waals surface area contributed by atoms with Gasteiger partial charge >= 0.3 is 5.97 Å². The molecule has 6 heteroatoms. The van der Waals surface area contributed by atoms with Gasteiger partial charge in [-0.25, -0.2) is 4.79 Å². The minimum atomic E-state index is -1.28. The molecule has 1 rings (SSSR count). The van der Waals surface area contributed by atoms with E-state index in [-0.39, 0.29) is 6.61 Å². The Labute approximate surface area is 118 Å². The van der Waals surface area contributed by atoms with E-state index < -0.39 is 17.9 Å². The van der Waals surface area contributed by atoms with Crippen molar-refractivity contribution < 1.29 is 19.1 Å². The Hall–Kier alpha value is -2.08. The summed E-state index contributed by atoms with van der Waals surface area (Å²) < 4.78 is 9.89. The Morgan fingerprint density at radius 2 is 2.05 bits per heavy atom. The Kier molecular flexibility index (Phi) is 6.52. The van der Waals surface area contributed by atoms with Gasteiger partial charge in [-0.1, -0.05) is 18.2 Å². The summed E-state index contributed by atoms with van der Waals surface area (Å²) in [6.45, 7) is 2.22. The van der Waals surface area contributed by atoms with Crippen molar-refractivity contribution in [3.05, 3.63) is 29.8 Å². The maximum Gasteiger partial charge on any atom is 0.332 e. The van der Waals surface area contributed by atoms with Gasteiger partial charge < -0.3 is 20.5 Å². The van der Waals surface area contributed by atoms with Gasteiger partial charge in [0.1, 0.15) is 5.75 Å². The van der Waals surface area contributed by atoms with E-state index >= 15 is 0 Å². The van der Waals surface area contributed by atoms with E-state index in [0.717, 1.165) is 11.3 Å². The molecule has 1 atom stereocenters. The summed E-state index contributed by atoms with van der Waals surface area (Å²) in [5.74, 6) is -0.503. The summed E-state index contributed by atoms with van der Waals surface area (Å²) in [4.78, 5) is 22.9. The molecule has 0 aliphatic rings.